The number of benzene rings is 2. The third kappa shape index (κ3) is 2.40. The molecule has 1 aliphatic rings. The second-order valence-corrected chi connectivity index (χ2v) is 11.9. The van der Waals surface area contributed by atoms with E-state index in [1.165, 1.54) is 22.3 Å². The van der Waals surface area contributed by atoms with Gasteiger partial charge in [-0.05, 0) is 46.5 Å². The molecule has 0 spiro atoms. The summed E-state index contributed by atoms with van der Waals surface area (Å²) in [6, 6.07) is 20.8. The molecule has 0 amide bonds. The number of hydrogen-bond donors (Lipinski definition) is 0. The van der Waals surface area contributed by atoms with Gasteiger partial charge in [-0.1, -0.05) is 60.7 Å². The minimum absolute atomic E-state index is 1.13. The van der Waals surface area contributed by atoms with Gasteiger partial charge >= 0.3 is 6.69 Å². The van der Waals surface area contributed by atoms with E-state index >= 15 is 0 Å². The van der Waals surface area contributed by atoms with E-state index in [-0.39, 0.29) is 0 Å². The smallest absolute Gasteiger partial charge is 0.134 e. The molecule has 0 aliphatic carbocycles. The maximum atomic E-state index is 6.75. The average Bonchev–Trinajstić information content (AvgIpc) is 2.69. The van der Waals surface area contributed by atoms with Gasteiger partial charge in [0.25, 0.3) is 0 Å². The second kappa shape index (κ2) is 5.49. The van der Waals surface area contributed by atoms with Crippen molar-refractivity contribution in [3.8, 4) is 0 Å². The summed E-state index contributed by atoms with van der Waals surface area (Å²) in [6.07, 6.45) is 0. The molecule has 0 unspecified atom stereocenters. The Kier molecular flexibility index (Phi) is 3.83. The molecule has 21 heavy (non-hydrogen) atoms. The highest BCUT2D eigenvalue weighted by Crippen LogP contribution is 2.51. The summed E-state index contributed by atoms with van der Waals surface area (Å²) < 4.78 is 0. The van der Waals surface area contributed by atoms with E-state index in [4.69, 9.17) is 22.2 Å². The molecule has 3 heteroatoms. The fourth-order valence-corrected chi connectivity index (χ4v) is 5.76. The molecule has 0 N–H and O–H groups in total. The van der Waals surface area contributed by atoms with Crippen molar-refractivity contribution in [2.45, 2.75) is 13.8 Å². The van der Waals surface area contributed by atoms with Crippen molar-refractivity contribution in [3.63, 3.8) is 0 Å². The normalized spacial score (nSPS) is 17.5. The molecule has 106 valence electrons. The molecule has 0 nitrogen and oxygen atoms in total. The Morgan fingerprint density at radius 3 is 1.29 bits per heavy atom. The zero-order chi connectivity index (χ0) is 15.0. The highest BCUT2D eigenvalue weighted by atomic mass is 35.7. The van der Waals surface area contributed by atoms with Gasteiger partial charge in [-0.25, -0.2) is 0 Å². The Morgan fingerprint density at radius 2 is 0.952 bits per heavy atom. The topological polar surface area (TPSA) is 0 Å². The Morgan fingerprint density at radius 1 is 0.619 bits per heavy atom. The van der Waals surface area contributed by atoms with Crippen LogP contribution in [-0.4, -0.2) is 6.69 Å². The monoisotopic (exact) mass is 330 g/mol. The van der Waals surface area contributed by atoms with Crippen molar-refractivity contribution in [1.82, 2.24) is 0 Å². The molecule has 0 saturated carbocycles. The molecule has 2 aromatic carbocycles. The van der Waals surface area contributed by atoms with Crippen LogP contribution >= 0.6 is 22.2 Å². The van der Waals surface area contributed by atoms with Gasteiger partial charge in [0.1, 0.15) is 0 Å². The van der Waals surface area contributed by atoms with E-state index in [1.807, 2.05) is 12.1 Å². The van der Waals surface area contributed by atoms with E-state index in [1.54, 1.807) is 0 Å². The number of allylic oxidation sites excluding steroid dienone is 4. The van der Waals surface area contributed by atoms with Crippen LogP contribution in [0.25, 0.3) is 11.1 Å². The molecule has 0 saturated heterocycles. The van der Waals surface area contributed by atoms with Crippen LogP contribution in [0.3, 0.4) is 0 Å². The van der Waals surface area contributed by atoms with Crippen LogP contribution in [0.15, 0.2) is 71.1 Å². The summed E-state index contributed by atoms with van der Waals surface area (Å²) in [5.74, 6) is 0. The van der Waals surface area contributed by atoms with E-state index in [2.05, 4.69) is 62.4 Å². The van der Waals surface area contributed by atoms with Crippen molar-refractivity contribution in [3.05, 3.63) is 82.2 Å². The Bertz CT molecular complexity index is 665. The Labute approximate surface area is 136 Å². The Hall–Kier alpha value is -1.28. The third-order valence-electron chi connectivity index (χ3n) is 4.07. The molecule has 1 heterocycles. The molecular formula is C18H16Cl2Si. The minimum atomic E-state index is -2.53. The van der Waals surface area contributed by atoms with Gasteiger partial charge in [0, 0.05) is 0 Å². The Balaban J connectivity index is 2.27. The lowest BCUT2D eigenvalue weighted by atomic mass is 9.92. The van der Waals surface area contributed by atoms with Crippen molar-refractivity contribution >= 4 is 40.0 Å². The van der Waals surface area contributed by atoms with Gasteiger partial charge in [0.15, 0.2) is 0 Å². The summed E-state index contributed by atoms with van der Waals surface area (Å²) in [4.78, 5) is 0. The summed E-state index contributed by atoms with van der Waals surface area (Å²) in [5.41, 5.74) is 4.78. The maximum Gasteiger partial charge on any atom is 0.303 e. The van der Waals surface area contributed by atoms with E-state index in [0.717, 1.165) is 10.4 Å². The van der Waals surface area contributed by atoms with Crippen molar-refractivity contribution in [2.24, 2.45) is 0 Å². The molecule has 1 aliphatic heterocycles. The predicted molar refractivity (Wildman–Crippen MR) is 95.5 cm³/mol. The average molecular weight is 331 g/mol. The van der Waals surface area contributed by atoms with Gasteiger partial charge in [-0.15, -0.1) is 22.2 Å². The van der Waals surface area contributed by atoms with Crippen LogP contribution in [0.1, 0.15) is 25.0 Å². The zero-order valence-electron chi connectivity index (χ0n) is 12.0. The zero-order valence-corrected chi connectivity index (χ0v) is 14.5. The lowest BCUT2D eigenvalue weighted by Gasteiger charge is -2.13. The predicted octanol–water partition coefficient (Wildman–Crippen LogP) is 5.95. The highest BCUT2D eigenvalue weighted by Gasteiger charge is 2.43. The molecule has 0 bridgehead atoms. The SMILES string of the molecule is CC1=C(c2ccccc2)C(c2ccccc2)=C(C)[Si]1(Cl)Cl. The fraction of sp³-hybridized carbons (Fsp3) is 0.111. The minimum Gasteiger partial charge on any atom is -0.134 e. The number of hydrogen-bond acceptors (Lipinski definition) is 0. The standard InChI is InChI=1S/C18H16Cl2Si/c1-13-17(15-9-5-3-6-10-15)18(14(2)21(13,19)20)16-11-7-4-8-12-16/h3-12H,1-2H3. The van der Waals surface area contributed by atoms with E-state index in [0.29, 0.717) is 0 Å². The van der Waals surface area contributed by atoms with Gasteiger partial charge in [0.05, 0.1) is 0 Å². The summed E-state index contributed by atoms with van der Waals surface area (Å²) in [6.45, 7) is 1.62. The number of halogens is 2. The molecule has 0 atom stereocenters. The second-order valence-electron chi connectivity index (χ2n) is 5.31. The summed E-state index contributed by atoms with van der Waals surface area (Å²) in [7, 11) is 0. The lowest BCUT2D eigenvalue weighted by molar-refractivity contribution is 1.55. The van der Waals surface area contributed by atoms with Crippen LogP contribution in [0, 0.1) is 0 Å². The van der Waals surface area contributed by atoms with Crippen LogP contribution in [0.4, 0.5) is 0 Å². The molecule has 3 rings (SSSR count). The van der Waals surface area contributed by atoms with Crippen molar-refractivity contribution in [1.29, 1.82) is 0 Å². The van der Waals surface area contributed by atoms with Gasteiger partial charge < -0.3 is 0 Å². The van der Waals surface area contributed by atoms with Gasteiger partial charge in [-0.2, -0.15) is 0 Å². The van der Waals surface area contributed by atoms with Gasteiger partial charge in [0.2, 0.25) is 0 Å². The van der Waals surface area contributed by atoms with Crippen LogP contribution < -0.4 is 0 Å². The largest absolute Gasteiger partial charge is 0.303 e. The van der Waals surface area contributed by atoms with Crippen molar-refractivity contribution < 1.29 is 0 Å². The third-order valence-corrected chi connectivity index (χ3v) is 9.85. The van der Waals surface area contributed by atoms with E-state index in [9.17, 15) is 0 Å². The fourth-order valence-electron chi connectivity index (χ4n) is 2.90. The number of rotatable bonds is 2. The van der Waals surface area contributed by atoms with Crippen LogP contribution in [-0.2, 0) is 0 Å². The summed E-state index contributed by atoms with van der Waals surface area (Å²) >= 11 is 13.5. The maximum absolute atomic E-state index is 6.75. The highest BCUT2D eigenvalue weighted by molar-refractivity contribution is 7.52. The van der Waals surface area contributed by atoms with Crippen LogP contribution in [0.5, 0.6) is 0 Å². The molecular weight excluding hydrogens is 315 g/mol. The first-order chi connectivity index (χ1) is 10.0. The van der Waals surface area contributed by atoms with Crippen molar-refractivity contribution in [2.75, 3.05) is 0 Å². The molecule has 2 aromatic rings. The van der Waals surface area contributed by atoms with E-state index < -0.39 is 6.69 Å². The quantitative estimate of drug-likeness (QED) is 0.471. The van der Waals surface area contributed by atoms with Gasteiger partial charge in [-0.3, -0.25) is 0 Å². The molecule has 0 radical (unpaired) electrons. The first-order valence-corrected chi connectivity index (χ1v) is 11.0. The lowest BCUT2D eigenvalue weighted by Crippen LogP contribution is -2.21. The summed E-state index contributed by atoms with van der Waals surface area (Å²) in [5, 5.41) is 2.27. The first-order valence-electron chi connectivity index (χ1n) is 6.95. The first kappa shape index (κ1) is 14.6. The van der Waals surface area contributed by atoms with Crippen LogP contribution in [0.2, 0.25) is 0 Å². The molecule has 0 aromatic heterocycles. The molecule has 0 fully saturated rings.